The zero-order valence-corrected chi connectivity index (χ0v) is 27.7. The summed E-state index contributed by atoms with van der Waals surface area (Å²) in [4.78, 5) is 55.7. The van der Waals surface area contributed by atoms with Gasteiger partial charge in [-0.3, -0.25) is 40.7 Å². The van der Waals surface area contributed by atoms with Crippen LogP contribution in [-0.2, 0) is 63.5 Å². The fourth-order valence-electron chi connectivity index (χ4n) is 2.42. The van der Waals surface area contributed by atoms with Gasteiger partial charge in [0.15, 0.2) is 0 Å². The highest BCUT2D eigenvalue weighted by Gasteiger charge is 2.28. The van der Waals surface area contributed by atoms with E-state index in [0.29, 0.717) is 6.54 Å². The molecule has 0 spiro atoms. The first-order valence-corrected chi connectivity index (χ1v) is 19.7. The maximum atomic E-state index is 11.9. The molecule has 8 N–H and O–H groups in total. The number of phosphoric ester groups is 5. The molecule has 43 heavy (non-hydrogen) atoms. The van der Waals surface area contributed by atoms with E-state index >= 15 is 0 Å². The molecule has 0 aromatic carbocycles. The van der Waals surface area contributed by atoms with E-state index in [0.717, 1.165) is 0 Å². The third kappa shape index (κ3) is 25.3. The average Bonchev–Trinajstić information content (AvgIpc) is 2.89. The number of hydrogen-bond acceptors (Lipinski definition) is 16. The summed E-state index contributed by atoms with van der Waals surface area (Å²) in [6, 6.07) is 0. The topological polar surface area (TPSA) is 322 Å². The predicted octanol–water partition coefficient (Wildman–Crippen LogP) is 0.484. The molecular weight excluding hydrogens is 697 g/mol. The minimum Gasteiger partial charge on any atom is -0.396 e. The van der Waals surface area contributed by atoms with Gasteiger partial charge in [0.05, 0.1) is 59.5 Å². The standard InChI is InChI=1S/C16H40NO21P5/c1-3-15(12-36-39(19,20)21)13-37-42(26,27)34-8-6-32-40(22,23)30-4-5-31-41(24,25)33-7-9-35-43(28,29)38-14-16(11-18)10-17-2/h15-18H,3-14H2,1-2H3,(H,22,23)(H,24,25)(H,26,27)(H,28,29)(H2,19,20,21). The molecule has 0 aliphatic rings. The molecule has 0 aromatic heterocycles. The molecule has 0 fully saturated rings. The Bertz CT molecular complexity index is 1010. The maximum Gasteiger partial charge on any atom is 0.472 e. The van der Waals surface area contributed by atoms with Crippen molar-refractivity contribution in [2.24, 2.45) is 11.8 Å². The van der Waals surface area contributed by atoms with Gasteiger partial charge in [0, 0.05) is 25.0 Å². The van der Waals surface area contributed by atoms with Gasteiger partial charge < -0.3 is 39.8 Å². The van der Waals surface area contributed by atoms with E-state index in [2.05, 4.69) is 41.5 Å². The van der Waals surface area contributed by atoms with Crippen molar-refractivity contribution in [2.45, 2.75) is 13.3 Å². The average molecular weight is 737 g/mol. The fourth-order valence-corrected chi connectivity index (χ4v) is 5.75. The largest absolute Gasteiger partial charge is 0.472 e. The van der Waals surface area contributed by atoms with Crippen LogP contribution in [0.3, 0.4) is 0 Å². The van der Waals surface area contributed by atoms with Gasteiger partial charge in [0.1, 0.15) is 0 Å². The summed E-state index contributed by atoms with van der Waals surface area (Å²) in [6.45, 7) is -3.96. The summed E-state index contributed by atoms with van der Waals surface area (Å²) < 4.78 is 98.8. The molecule has 260 valence electrons. The molecule has 0 aliphatic heterocycles. The highest BCUT2D eigenvalue weighted by molar-refractivity contribution is 7.48. The molecule has 27 heteroatoms. The summed E-state index contributed by atoms with van der Waals surface area (Å²) in [7, 11) is -21.9. The number of nitrogens with one attached hydrogen (secondary N) is 1. The molecule has 0 saturated heterocycles. The van der Waals surface area contributed by atoms with E-state index < -0.39 is 104 Å². The van der Waals surface area contributed by atoms with Crippen molar-refractivity contribution >= 4 is 39.1 Å². The maximum absolute atomic E-state index is 11.9. The lowest BCUT2D eigenvalue weighted by atomic mass is 10.1. The Morgan fingerprint density at radius 3 is 1.12 bits per heavy atom. The number of aliphatic hydroxyl groups is 1. The van der Waals surface area contributed by atoms with Crippen molar-refractivity contribution < 1.29 is 98.0 Å². The Morgan fingerprint density at radius 2 is 0.837 bits per heavy atom. The van der Waals surface area contributed by atoms with Crippen LogP contribution in [0.25, 0.3) is 0 Å². The predicted molar refractivity (Wildman–Crippen MR) is 143 cm³/mol. The zero-order chi connectivity index (χ0) is 33.2. The lowest BCUT2D eigenvalue weighted by Gasteiger charge is -2.18. The van der Waals surface area contributed by atoms with E-state index in [1.54, 1.807) is 14.0 Å². The van der Waals surface area contributed by atoms with Crippen molar-refractivity contribution in [3.8, 4) is 0 Å². The van der Waals surface area contributed by atoms with Crippen LogP contribution >= 0.6 is 39.1 Å². The summed E-state index contributed by atoms with van der Waals surface area (Å²) in [5.74, 6) is -1.14. The number of hydrogen-bond donors (Lipinski definition) is 8. The van der Waals surface area contributed by atoms with Gasteiger partial charge in [0.25, 0.3) is 0 Å². The van der Waals surface area contributed by atoms with E-state index in [1.807, 2.05) is 0 Å². The highest BCUT2D eigenvalue weighted by Crippen LogP contribution is 2.48. The van der Waals surface area contributed by atoms with Crippen molar-refractivity contribution in [3.63, 3.8) is 0 Å². The molecule has 22 nitrogen and oxygen atoms in total. The van der Waals surface area contributed by atoms with Gasteiger partial charge in [-0.15, -0.1) is 0 Å². The van der Waals surface area contributed by atoms with Crippen LogP contribution in [-0.4, -0.2) is 114 Å². The smallest absolute Gasteiger partial charge is 0.396 e. The van der Waals surface area contributed by atoms with Crippen LogP contribution in [0.4, 0.5) is 0 Å². The van der Waals surface area contributed by atoms with Crippen molar-refractivity contribution in [1.29, 1.82) is 0 Å². The molecule has 0 saturated carbocycles. The van der Waals surface area contributed by atoms with Gasteiger partial charge in [-0.05, 0) is 13.5 Å². The molecule has 0 radical (unpaired) electrons. The molecule has 0 aliphatic carbocycles. The number of aliphatic hydroxyl groups excluding tert-OH is 1. The Morgan fingerprint density at radius 1 is 0.535 bits per heavy atom. The third-order valence-corrected chi connectivity index (χ3v) is 9.02. The van der Waals surface area contributed by atoms with Gasteiger partial charge in [-0.1, -0.05) is 6.92 Å². The zero-order valence-electron chi connectivity index (χ0n) is 23.2. The number of phosphoric acid groups is 5. The summed E-state index contributed by atoms with van der Waals surface area (Å²) in [5, 5.41) is 11.9. The first-order chi connectivity index (χ1) is 19.8. The van der Waals surface area contributed by atoms with Crippen LogP contribution in [0.15, 0.2) is 0 Å². The molecular formula is C16H40NO21P5. The van der Waals surface area contributed by atoms with Crippen molar-refractivity contribution in [2.75, 3.05) is 79.7 Å². The molecule has 0 rings (SSSR count). The van der Waals surface area contributed by atoms with Gasteiger partial charge in [-0.2, -0.15) is 0 Å². The second-order valence-electron chi connectivity index (χ2n) is 8.13. The van der Waals surface area contributed by atoms with Crippen LogP contribution in [0.5, 0.6) is 0 Å². The monoisotopic (exact) mass is 737 g/mol. The van der Waals surface area contributed by atoms with E-state index in [-0.39, 0.29) is 19.6 Å². The lowest BCUT2D eigenvalue weighted by molar-refractivity contribution is 0.0728. The summed E-state index contributed by atoms with van der Waals surface area (Å²) in [5.41, 5.74) is 0. The number of rotatable bonds is 28. The molecule has 0 heterocycles. The highest BCUT2D eigenvalue weighted by atomic mass is 31.2. The first kappa shape index (κ1) is 43.5. The fraction of sp³-hybridized carbons (Fsp3) is 1.00. The van der Waals surface area contributed by atoms with Crippen molar-refractivity contribution in [3.05, 3.63) is 0 Å². The van der Waals surface area contributed by atoms with Crippen LogP contribution < -0.4 is 5.32 Å². The van der Waals surface area contributed by atoms with Crippen molar-refractivity contribution in [1.82, 2.24) is 5.32 Å². The molecule has 0 bridgehead atoms. The van der Waals surface area contributed by atoms with Gasteiger partial charge in [-0.25, -0.2) is 22.8 Å². The van der Waals surface area contributed by atoms with Crippen LogP contribution in [0, 0.1) is 11.8 Å². The van der Waals surface area contributed by atoms with Gasteiger partial charge >= 0.3 is 39.1 Å². The molecule has 0 amide bonds. The molecule has 0 aromatic rings. The quantitative estimate of drug-likeness (QED) is 0.0400. The van der Waals surface area contributed by atoms with Crippen LogP contribution in [0.2, 0.25) is 0 Å². The second-order valence-corrected chi connectivity index (χ2v) is 15.2. The Hall–Kier alpha value is 0.470. The molecule has 6 unspecified atom stereocenters. The van der Waals surface area contributed by atoms with E-state index in [4.69, 9.17) is 19.4 Å². The Balaban J connectivity index is 4.22. The Kier molecular flexibility index (Phi) is 21.6. The summed E-state index contributed by atoms with van der Waals surface area (Å²) in [6.07, 6.45) is 0.275. The minimum absolute atomic E-state index is 0.275. The normalized spacial score (nSPS) is 19.6. The van der Waals surface area contributed by atoms with Crippen LogP contribution in [0.1, 0.15) is 13.3 Å². The SMILES string of the molecule is CCC(COP(=O)(O)O)COP(=O)(O)OCCOP(=O)(O)OCCOP(=O)(O)OCCOP(=O)(O)OCC(CO)CNC. The van der Waals surface area contributed by atoms with E-state index in [1.165, 1.54) is 0 Å². The lowest BCUT2D eigenvalue weighted by Crippen LogP contribution is -2.25. The van der Waals surface area contributed by atoms with Gasteiger partial charge in [0.2, 0.25) is 0 Å². The summed E-state index contributed by atoms with van der Waals surface area (Å²) >= 11 is 0. The van der Waals surface area contributed by atoms with E-state index in [9.17, 15) is 42.4 Å². The Labute approximate surface area is 247 Å². The first-order valence-electron chi connectivity index (χ1n) is 12.2. The third-order valence-electron chi connectivity index (χ3n) is 4.53. The molecule has 6 atom stereocenters. The second kappa shape index (κ2) is 21.4. The minimum atomic E-state index is -4.77.